The number of aromatic nitrogens is 2. The van der Waals surface area contributed by atoms with Gasteiger partial charge in [-0.25, -0.2) is 4.98 Å². The highest BCUT2D eigenvalue weighted by Gasteiger charge is 2.18. The average Bonchev–Trinajstić information content (AvgIpc) is 2.65. The van der Waals surface area contributed by atoms with Crippen LogP contribution in [0, 0.1) is 0 Å². The Morgan fingerprint density at radius 2 is 2.21 bits per heavy atom. The molecule has 0 spiro atoms. The second-order valence-corrected chi connectivity index (χ2v) is 4.93. The molecule has 0 bridgehead atoms. The SMILES string of the molecule is CNc1ncc(Cl)c(N2CCCN(CCO)CC2)n1. The number of halogens is 1. The molecule has 1 saturated heterocycles. The molecule has 1 aromatic heterocycles. The predicted molar refractivity (Wildman–Crippen MR) is 76.9 cm³/mol. The maximum absolute atomic E-state index is 9.00. The normalized spacial score (nSPS) is 17.3. The quantitative estimate of drug-likeness (QED) is 0.848. The predicted octanol–water partition coefficient (Wildman–Crippen LogP) is 0.676. The number of β-amino-alcohol motifs (C(OH)–C–C–N with tert-alkyl or cyclic N) is 1. The number of aliphatic hydroxyl groups excluding tert-OH is 1. The summed E-state index contributed by atoms with van der Waals surface area (Å²) in [6.45, 7) is 4.63. The Labute approximate surface area is 118 Å². The third kappa shape index (κ3) is 3.68. The van der Waals surface area contributed by atoms with E-state index < -0.39 is 0 Å². The Morgan fingerprint density at radius 3 is 2.95 bits per heavy atom. The molecule has 1 aromatic rings. The zero-order valence-corrected chi connectivity index (χ0v) is 11.9. The van der Waals surface area contributed by atoms with E-state index in [9.17, 15) is 0 Å². The fourth-order valence-corrected chi connectivity index (χ4v) is 2.46. The molecule has 1 aliphatic heterocycles. The van der Waals surface area contributed by atoms with Crippen molar-refractivity contribution < 1.29 is 5.11 Å². The number of hydrogen-bond acceptors (Lipinski definition) is 6. The van der Waals surface area contributed by atoms with Crippen LogP contribution >= 0.6 is 11.6 Å². The molecule has 0 aromatic carbocycles. The molecular weight excluding hydrogens is 266 g/mol. The van der Waals surface area contributed by atoms with Crippen molar-refractivity contribution in [3.05, 3.63) is 11.2 Å². The molecule has 2 rings (SSSR count). The summed E-state index contributed by atoms with van der Waals surface area (Å²) in [5.74, 6) is 1.36. The van der Waals surface area contributed by atoms with E-state index in [1.54, 1.807) is 13.2 Å². The molecule has 7 heteroatoms. The van der Waals surface area contributed by atoms with Crippen molar-refractivity contribution in [2.75, 3.05) is 56.6 Å². The first-order valence-corrected chi connectivity index (χ1v) is 6.91. The minimum Gasteiger partial charge on any atom is -0.395 e. The number of aliphatic hydroxyl groups is 1. The topological polar surface area (TPSA) is 64.5 Å². The summed E-state index contributed by atoms with van der Waals surface area (Å²) in [7, 11) is 1.79. The van der Waals surface area contributed by atoms with Crippen molar-refractivity contribution in [3.8, 4) is 0 Å². The Hall–Kier alpha value is -1.11. The summed E-state index contributed by atoms with van der Waals surface area (Å²) >= 11 is 6.19. The molecule has 0 radical (unpaired) electrons. The minimum atomic E-state index is 0.207. The van der Waals surface area contributed by atoms with Gasteiger partial charge in [0.05, 0.1) is 12.8 Å². The van der Waals surface area contributed by atoms with Gasteiger partial charge in [0.1, 0.15) is 5.02 Å². The summed E-state index contributed by atoms with van der Waals surface area (Å²) in [4.78, 5) is 13.0. The first-order valence-electron chi connectivity index (χ1n) is 6.53. The Kier molecular flexibility index (Phi) is 5.18. The van der Waals surface area contributed by atoms with E-state index in [4.69, 9.17) is 16.7 Å². The molecule has 6 nitrogen and oxygen atoms in total. The number of rotatable bonds is 4. The van der Waals surface area contributed by atoms with Crippen LogP contribution in [0.1, 0.15) is 6.42 Å². The molecule has 0 amide bonds. The first-order chi connectivity index (χ1) is 9.24. The lowest BCUT2D eigenvalue weighted by molar-refractivity contribution is 0.204. The van der Waals surface area contributed by atoms with Gasteiger partial charge in [0.2, 0.25) is 5.95 Å². The smallest absolute Gasteiger partial charge is 0.224 e. The summed E-state index contributed by atoms with van der Waals surface area (Å²) in [6, 6.07) is 0. The zero-order valence-electron chi connectivity index (χ0n) is 11.1. The van der Waals surface area contributed by atoms with Gasteiger partial charge in [-0.15, -0.1) is 0 Å². The van der Waals surface area contributed by atoms with Crippen LogP contribution in [0.5, 0.6) is 0 Å². The highest BCUT2D eigenvalue weighted by molar-refractivity contribution is 6.32. The van der Waals surface area contributed by atoms with Crippen molar-refractivity contribution in [3.63, 3.8) is 0 Å². The lowest BCUT2D eigenvalue weighted by atomic mass is 10.3. The van der Waals surface area contributed by atoms with Crippen LogP contribution in [-0.2, 0) is 0 Å². The van der Waals surface area contributed by atoms with Crippen molar-refractivity contribution >= 4 is 23.4 Å². The molecule has 106 valence electrons. The summed E-state index contributed by atoms with van der Waals surface area (Å²) in [5.41, 5.74) is 0. The van der Waals surface area contributed by atoms with Gasteiger partial charge >= 0.3 is 0 Å². The van der Waals surface area contributed by atoms with E-state index in [0.29, 0.717) is 11.0 Å². The van der Waals surface area contributed by atoms with Crippen LogP contribution in [0.2, 0.25) is 5.02 Å². The van der Waals surface area contributed by atoms with E-state index in [1.165, 1.54) is 0 Å². The van der Waals surface area contributed by atoms with E-state index >= 15 is 0 Å². The van der Waals surface area contributed by atoms with Crippen LogP contribution in [0.25, 0.3) is 0 Å². The minimum absolute atomic E-state index is 0.207. The average molecular weight is 286 g/mol. The maximum atomic E-state index is 9.00. The zero-order chi connectivity index (χ0) is 13.7. The van der Waals surface area contributed by atoms with Crippen molar-refractivity contribution in [2.45, 2.75) is 6.42 Å². The van der Waals surface area contributed by atoms with Crippen molar-refractivity contribution in [1.82, 2.24) is 14.9 Å². The Bertz CT molecular complexity index is 417. The van der Waals surface area contributed by atoms with Gasteiger partial charge < -0.3 is 15.3 Å². The molecule has 2 N–H and O–H groups in total. The van der Waals surface area contributed by atoms with E-state index in [-0.39, 0.29) is 6.61 Å². The Morgan fingerprint density at radius 1 is 1.37 bits per heavy atom. The molecule has 1 aliphatic rings. The fourth-order valence-electron chi connectivity index (χ4n) is 2.25. The molecule has 0 atom stereocenters. The maximum Gasteiger partial charge on any atom is 0.224 e. The second-order valence-electron chi connectivity index (χ2n) is 4.52. The van der Waals surface area contributed by atoms with Crippen LogP contribution < -0.4 is 10.2 Å². The fraction of sp³-hybridized carbons (Fsp3) is 0.667. The number of nitrogens with zero attached hydrogens (tertiary/aromatic N) is 4. The molecule has 2 heterocycles. The molecule has 0 saturated carbocycles. The third-order valence-corrected chi connectivity index (χ3v) is 3.52. The molecule has 0 aliphatic carbocycles. The van der Waals surface area contributed by atoms with E-state index in [1.807, 2.05) is 0 Å². The van der Waals surface area contributed by atoms with Crippen LogP contribution in [0.4, 0.5) is 11.8 Å². The summed E-state index contributed by atoms with van der Waals surface area (Å²) < 4.78 is 0. The largest absolute Gasteiger partial charge is 0.395 e. The lowest BCUT2D eigenvalue weighted by Crippen LogP contribution is -2.33. The molecular formula is C12H20ClN5O. The lowest BCUT2D eigenvalue weighted by Gasteiger charge is -2.23. The van der Waals surface area contributed by atoms with Gasteiger partial charge in [-0.1, -0.05) is 11.6 Å². The molecule has 19 heavy (non-hydrogen) atoms. The molecule has 0 unspecified atom stereocenters. The third-order valence-electron chi connectivity index (χ3n) is 3.25. The second kappa shape index (κ2) is 6.88. The van der Waals surface area contributed by atoms with E-state index in [2.05, 4.69) is 25.1 Å². The number of hydrogen-bond donors (Lipinski definition) is 2. The van der Waals surface area contributed by atoms with Crippen LogP contribution in [0.15, 0.2) is 6.20 Å². The van der Waals surface area contributed by atoms with Gasteiger partial charge in [-0.05, 0) is 13.0 Å². The van der Waals surface area contributed by atoms with Gasteiger partial charge in [0, 0.05) is 33.2 Å². The van der Waals surface area contributed by atoms with Crippen molar-refractivity contribution in [1.29, 1.82) is 0 Å². The summed E-state index contributed by atoms with van der Waals surface area (Å²) in [5, 5.41) is 12.5. The van der Waals surface area contributed by atoms with Crippen LogP contribution in [-0.4, -0.2) is 66.4 Å². The van der Waals surface area contributed by atoms with Crippen LogP contribution in [0.3, 0.4) is 0 Å². The van der Waals surface area contributed by atoms with Gasteiger partial charge in [-0.3, -0.25) is 4.90 Å². The number of nitrogens with one attached hydrogen (secondary N) is 1. The highest BCUT2D eigenvalue weighted by atomic mass is 35.5. The van der Waals surface area contributed by atoms with Gasteiger partial charge in [0.25, 0.3) is 0 Å². The Balaban J connectivity index is 2.09. The highest BCUT2D eigenvalue weighted by Crippen LogP contribution is 2.24. The standard InChI is InChI=1S/C12H20ClN5O/c1-14-12-15-9-10(13)11(16-12)18-4-2-3-17(5-6-18)7-8-19/h9,19H,2-8H2,1H3,(H,14,15,16). The van der Waals surface area contributed by atoms with E-state index in [0.717, 1.165) is 45.0 Å². The first kappa shape index (κ1) is 14.3. The molecule has 1 fully saturated rings. The summed E-state index contributed by atoms with van der Waals surface area (Å²) in [6.07, 6.45) is 2.67. The monoisotopic (exact) mass is 285 g/mol. The number of anilines is 2. The van der Waals surface area contributed by atoms with Crippen molar-refractivity contribution in [2.24, 2.45) is 0 Å². The van der Waals surface area contributed by atoms with Gasteiger partial charge in [-0.2, -0.15) is 4.98 Å². The van der Waals surface area contributed by atoms with Gasteiger partial charge in [0.15, 0.2) is 5.82 Å².